The molecule has 2 aromatic rings. The molecule has 3 heterocycles. The van der Waals surface area contributed by atoms with Crippen LogP contribution in [0.1, 0.15) is 15.3 Å². The van der Waals surface area contributed by atoms with Crippen molar-refractivity contribution in [2.24, 2.45) is 4.99 Å². The molecule has 94 valence electrons. The van der Waals surface area contributed by atoms with Crippen molar-refractivity contribution in [1.29, 1.82) is 0 Å². The van der Waals surface area contributed by atoms with Gasteiger partial charge < -0.3 is 4.74 Å². The number of rotatable bonds is 2. The highest BCUT2D eigenvalue weighted by Crippen LogP contribution is 2.23. The topological polar surface area (TPSA) is 51.5 Å². The Morgan fingerprint density at radius 1 is 1.32 bits per heavy atom. The monoisotopic (exact) mass is 270 g/mol. The van der Waals surface area contributed by atoms with Crippen molar-refractivity contribution in [1.82, 2.24) is 4.98 Å². The first-order valence-corrected chi connectivity index (χ1v) is 6.53. The Balaban J connectivity index is 1.94. The van der Waals surface area contributed by atoms with Gasteiger partial charge in [-0.2, -0.15) is 0 Å². The standard InChI is InChI=1S/C14H10N2O2S/c1-9-4-5-12(19-9)13-16-11(14(17)18-13)7-10-3-2-6-15-8-10/h2-8H,1H3/b11-7-. The zero-order valence-electron chi connectivity index (χ0n) is 10.2. The largest absolute Gasteiger partial charge is 0.401 e. The minimum Gasteiger partial charge on any atom is -0.401 e. The van der Waals surface area contributed by atoms with Crippen LogP contribution in [-0.2, 0) is 9.53 Å². The van der Waals surface area contributed by atoms with Gasteiger partial charge in [-0.25, -0.2) is 9.79 Å². The van der Waals surface area contributed by atoms with Crippen LogP contribution in [-0.4, -0.2) is 16.9 Å². The average molecular weight is 270 g/mol. The number of aliphatic imine (C=N–C) groups is 1. The molecule has 0 aliphatic carbocycles. The highest BCUT2D eigenvalue weighted by molar-refractivity contribution is 7.14. The smallest absolute Gasteiger partial charge is 0.363 e. The van der Waals surface area contributed by atoms with Gasteiger partial charge in [0.05, 0.1) is 4.88 Å². The summed E-state index contributed by atoms with van der Waals surface area (Å²) in [6.07, 6.45) is 5.02. The number of hydrogen-bond acceptors (Lipinski definition) is 5. The Labute approximate surface area is 114 Å². The van der Waals surface area contributed by atoms with Crippen molar-refractivity contribution in [3.63, 3.8) is 0 Å². The molecule has 3 rings (SSSR count). The van der Waals surface area contributed by atoms with Crippen molar-refractivity contribution < 1.29 is 9.53 Å². The molecule has 1 aliphatic heterocycles. The number of aromatic nitrogens is 1. The number of ether oxygens (including phenoxy) is 1. The molecule has 4 nitrogen and oxygen atoms in total. The molecular formula is C14H10N2O2S. The molecule has 0 saturated carbocycles. The summed E-state index contributed by atoms with van der Waals surface area (Å²) in [5, 5.41) is 0. The lowest BCUT2D eigenvalue weighted by molar-refractivity contribution is -0.129. The molecule has 0 fully saturated rings. The molecule has 0 spiro atoms. The van der Waals surface area contributed by atoms with Gasteiger partial charge in [0.25, 0.3) is 0 Å². The average Bonchev–Trinajstić information content (AvgIpc) is 2.98. The first kappa shape index (κ1) is 11.8. The molecule has 2 aromatic heterocycles. The van der Waals surface area contributed by atoms with E-state index in [0.717, 1.165) is 15.3 Å². The van der Waals surface area contributed by atoms with Gasteiger partial charge in [-0.3, -0.25) is 4.98 Å². The summed E-state index contributed by atoms with van der Waals surface area (Å²) in [6, 6.07) is 7.54. The molecule has 0 atom stereocenters. The quantitative estimate of drug-likeness (QED) is 0.623. The second kappa shape index (κ2) is 4.78. The van der Waals surface area contributed by atoms with Gasteiger partial charge in [0.2, 0.25) is 5.90 Å². The summed E-state index contributed by atoms with van der Waals surface area (Å²) in [5.41, 5.74) is 1.12. The van der Waals surface area contributed by atoms with Gasteiger partial charge in [-0.05, 0) is 36.8 Å². The maximum absolute atomic E-state index is 11.7. The molecular weight excluding hydrogens is 260 g/mol. The first-order valence-electron chi connectivity index (χ1n) is 5.72. The minimum absolute atomic E-state index is 0.300. The van der Waals surface area contributed by atoms with E-state index in [2.05, 4.69) is 9.98 Å². The molecule has 0 saturated heterocycles. The lowest BCUT2D eigenvalue weighted by atomic mass is 10.2. The van der Waals surface area contributed by atoms with Crippen LogP contribution >= 0.6 is 11.3 Å². The van der Waals surface area contributed by atoms with E-state index >= 15 is 0 Å². The van der Waals surface area contributed by atoms with Crippen molar-refractivity contribution in [3.8, 4) is 0 Å². The number of nitrogens with zero attached hydrogens (tertiary/aromatic N) is 2. The second-order valence-electron chi connectivity index (χ2n) is 4.03. The number of pyridine rings is 1. The fraction of sp³-hybridized carbons (Fsp3) is 0.0714. The molecule has 0 amide bonds. The summed E-state index contributed by atoms with van der Waals surface area (Å²) in [4.78, 5) is 22.0. The van der Waals surface area contributed by atoms with Crippen LogP contribution < -0.4 is 0 Å². The Kier molecular flexibility index (Phi) is 2.97. The molecule has 5 heteroatoms. The van der Waals surface area contributed by atoms with Gasteiger partial charge in [-0.15, -0.1) is 11.3 Å². The SMILES string of the molecule is Cc1ccc(C2=N/C(=C\c3cccnc3)C(=O)O2)s1. The van der Waals surface area contributed by atoms with Gasteiger partial charge in [-0.1, -0.05) is 6.07 Å². The number of hydrogen-bond donors (Lipinski definition) is 0. The Morgan fingerprint density at radius 3 is 2.89 bits per heavy atom. The van der Waals surface area contributed by atoms with E-state index in [4.69, 9.17) is 4.74 Å². The summed E-state index contributed by atoms with van der Waals surface area (Å²) >= 11 is 1.55. The molecule has 0 radical (unpaired) electrons. The Morgan fingerprint density at radius 2 is 2.21 bits per heavy atom. The lowest BCUT2D eigenvalue weighted by Gasteiger charge is -1.93. The summed E-state index contributed by atoms with van der Waals surface area (Å²) in [5.74, 6) is -0.0526. The van der Waals surface area contributed by atoms with Crippen LogP contribution in [0, 0.1) is 6.92 Å². The zero-order valence-corrected chi connectivity index (χ0v) is 11.0. The van der Waals surface area contributed by atoms with Crippen molar-refractivity contribution in [3.05, 3.63) is 57.7 Å². The highest BCUT2D eigenvalue weighted by atomic mass is 32.1. The Hall–Kier alpha value is -2.27. The summed E-state index contributed by atoms with van der Waals surface area (Å²) in [6.45, 7) is 2.00. The zero-order chi connectivity index (χ0) is 13.2. The normalized spacial score (nSPS) is 16.6. The van der Waals surface area contributed by atoms with E-state index in [1.54, 1.807) is 35.9 Å². The second-order valence-corrected chi connectivity index (χ2v) is 5.32. The van der Waals surface area contributed by atoms with Gasteiger partial charge >= 0.3 is 5.97 Å². The Bertz CT molecular complexity index is 686. The van der Waals surface area contributed by atoms with E-state index in [1.807, 2.05) is 25.1 Å². The predicted molar refractivity (Wildman–Crippen MR) is 73.9 cm³/mol. The van der Waals surface area contributed by atoms with Crippen molar-refractivity contribution >= 4 is 29.3 Å². The van der Waals surface area contributed by atoms with Crippen LogP contribution in [0.15, 0.2) is 47.3 Å². The van der Waals surface area contributed by atoms with Crippen LogP contribution in [0.3, 0.4) is 0 Å². The number of aryl methyl sites for hydroxylation is 1. The molecule has 0 unspecified atom stereocenters. The van der Waals surface area contributed by atoms with Crippen molar-refractivity contribution in [2.75, 3.05) is 0 Å². The van der Waals surface area contributed by atoms with Crippen LogP contribution in [0.4, 0.5) is 0 Å². The van der Waals surface area contributed by atoms with Crippen LogP contribution in [0.2, 0.25) is 0 Å². The minimum atomic E-state index is -0.426. The van der Waals surface area contributed by atoms with E-state index in [9.17, 15) is 4.79 Å². The molecule has 0 aromatic carbocycles. The maximum atomic E-state index is 11.7. The summed E-state index contributed by atoms with van der Waals surface area (Å²) in [7, 11) is 0. The summed E-state index contributed by atoms with van der Waals surface area (Å²) < 4.78 is 5.18. The molecule has 19 heavy (non-hydrogen) atoms. The number of carbonyl (C=O) groups is 1. The molecule has 0 N–H and O–H groups in total. The van der Waals surface area contributed by atoms with Gasteiger partial charge in [0.15, 0.2) is 5.70 Å². The fourth-order valence-corrected chi connectivity index (χ4v) is 2.48. The fourth-order valence-electron chi connectivity index (χ4n) is 1.68. The third kappa shape index (κ3) is 2.46. The van der Waals surface area contributed by atoms with E-state index in [-0.39, 0.29) is 0 Å². The lowest BCUT2D eigenvalue weighted by Crippen LogP contribution is -2.03. The number of carbonyl (C=O) groups excluding carboxylic acids is 1. The highest BCUT2D eigenvalue weighted by Gasteiger charge is 2.24. The molecule has 1 aliphatic rings. The van der Waals surface area contributed by atoms with E-state index in [0.29, 0.717) is 11.6 Å². The van der Waals surface area contributed by atoms with E-state index < -0.39 is 5.97 Å². The predicted octanol–water partition coefficient (Wildman–Crippen LogP) is 2.80. The van der Waals surface area contributed by atoms with Crippen molar-refractivity contribution in [2.45, 2.75) is 6.92 Å². The van der Waals surface area contributed by atoms with Gasteiger partial charge in [0, 0.05) is 17.3 Å². The van der Waals surface area contributed by atoms with Crippen LogP contribution in [0.5, 0.6) is 0 Å². The van der Waals surface area contributed by atoms with E-state index in [1.165, 1.54) is 0 Å². The number of esters is 1. The maximum Gasteiger partial charge on any atom is 0.363 e. The first-order chi connectivity index (χ1) is 9.22. The third-order valence-electron chi connectivity index (χ3n) is 2.56. The third-order valence-corrected chi connectivity index (χ3v) is 3.55. The molecule has 0 bridgehead atoms. The van der Waals surface area contributed by atoms with Gasteiger partial charge in [0.1, 0.15) is 0 Å². The number of thiophene rings is 1. The van der Waals surface area contributed by atoms with Crippen LogP contribution in [0.25, 0.3) is 6.08 Å². The number of cyclic esters (lactones) is 1.